The highest BCUT2D eigenvalue weighted by Gasteiger charge is 2.35. The fourth-order valence-electron chi connectivity index (χ4n) is 3.21. The van der Waals surface area contributed by atoms with Crippen LogP contribution in [0, 0.1) is 0 Å². The van der Waals surface area contributed by atoms with Gasteiger partial charge >= 0.3 is 0 Å². The molecule has 2 heterocycles. The van der Waals surface area contributed by atoms with Crippen LogP contribution in [0.15, 0.2) is 71.3 Å². The van der Waals surface area contributed by atoms with E-state index in [1.807, 2.05) is 55.5 Å². The lowest BCUT2D eigenvalue weighted by Gasteiger charge is -2.34. The number of hydrazone groups is 1. The third-order valence-corrected chi connectivity index (χ3v) is 5.21. The van der Waals surface area contributed by atoms with Crippen molar-refractivity contribution in [3.8, 4) is 5.75 Å². The average Bonchev–Trinajstić information content (AvgIpc) is 2.72. The normalized spacial score (nSPS) is 17.7. The zero-order valence-electron chi connectivity index (χ0n) is 15.5. The molecule has 0 bridgehead atoms. The fourth-order valence-corrected chi connectivity index (χ4v) is 3.80. The van der Waals surface area contributed by atoms with Crippen LogP contribution in [-0.4, -0.2) is 28.4 Å². The number of fused-ring (bicyclic) bond motifs is 2. The van der Waals surface area contributed by atoms with Gasteiger partial charge < -0.3 is 4.74 Å². The Bertz CT molecular complexity index is 1080. The molecule has 4 rings (SSSR count). The van der Waals surface area contributed by atoms with Gasteiger partial charge in [0.25, 0.3) is 5.91 Å². The number of para-hydroxylation sites is 2. The van der Waals surface area contributed by atoms with Gasteiger partial charge in [-0.15, -0.1) is 11.7 Å². The number of hydrogen-bond donors (Lipinski definition) is 1. The molecular formula is C21H20N4O2S. The molecule has 0 unspecified atom stereocenters. The molecule has 0 fully saturated rings. The van der Waals surface area contributed by atoms with Crippen LogP contribution in [0.2, 0.25) is 0 Å². The van der Waals surface area contributed by atoms with Crippen molar-refractivity contribution in [1.29, 1.82) is 0 Å². The summed E-state index contributed by atoms with van der Waals surface area (Å²) in [6.07, 6.45) is 1.29. The number of carbonyl (C=O) groups excluding carboxylic acids is 1. The molecule has 2 aromatic carbocycles. The van der Waals surface area contributed by atoms with Crippen molar-refractivity contribution in [2.24, 2.45) is 10.1 Å². The Morgan fingerprint density at radius 2 is 2.04 bits per heavy atom. The number of nitrogens with zero attached hydrogens (tertiary/aromatic N) is 3. The Hall–Kier alpha value is -3.06. The van der Waals surface area contributed by atoms with E-state index in [1.54, 1.807) is 11.1 Å². The smallest absolute Gasteiger partial charge is 0.276 e. The van der Waals surface area contributed by atoms with Gasteiger partial charge in [-0.3, -0.25) is 15.1 Å². The van der Waals surface area contributed by atoms with E-state index in [0.717, 1.165) is 21.9 Å². The molecule has 0 radical (unpaired) electrons. The minimum atomic E-state index is -0.488. The molecule has 0 saturated carbocycles. The third-order valence-electron chi connectivity index (χ3n) is 4.35. The van der Waals surface area contributed by atoms with Crippen molar-refractivity contribution in [2.75, 3.05) is 12.4 Å². The van der Waals surface area contributed by atoms with Crippen molar-refractivity contribution in [3.63, 3.8) is 0 Å². The van der Waals surface area contributed by atoms with Gasteiger partial charge in [-0.2, -0.15) is 0 Å². The largest absolute Gasteiger partial charge is 0.493 e. The van der Waals surface area contributed by atoms with E-state index in [4.69, 9.17) is 14.8 Å². The lowest BCUT2D eigenvalue weighted by atomic mass is 10.1. The average molecular weight is 392 g/mol. The quantitative estimate of drug-likeness (QED) is 0.792. The van der Waals surface area contributed by atoms with Gasteiger partial charge in [0.15, 0.2) is 11.3 Å². The number of ether oxygens (including phenoxy) is 1. The molecule has 0 saturated heterocycles. The summed E-state index contributed by atoms with van der Waals surface area (Å²) in [6, 6.07) is 15.4. The van der Waals surface area contributed by atoms with Crippen LogP contribution in [0.5, 0.6) is 5.75 Å². The second kappa shape index (κ2) is 7.90. The minimum absolute atomic E-state index is 0.192. The van der Waals surface area contributed by atoms with Gasteiger partial charge in [0.2, 0.25) is 0 Å². The van der Waals surface area contributed by atoms with Crippen molar-refractivity contribution < 1.29 is 9.53 Å². The summed E-state index contributed by atoms with van der Waals surface area (Å²) in [4.78, 5) is 17.9. The maximum atomic E-state index is 13.0. The Kier molecular flexibility index (Phi) is 5.16. The minimum Gasteiger partial charge on any atom is -0.493 e. The predicted molar refractivity (Wildman–Crippen MR) is 111 cm³/mol. The van der Waals surface area contributed by atoms with Crippen LogP contribution in [0.1, 0.15) is 18.7 Å². The molecule has 6 nitrogen and oxygen atoms in total. The zero-order valence-corrected chi connectivity index (χ0v) is 16.3. The van der Waals surface area contributed by atoms with E-state index < -0.39 is 6.17 Å². The fraction of sp³-hybridized carbons (Fsp3) is 0.190. The van der Waals surface area contributed by atoms with Crippen molar-refractivity contribution in [3.05, 3.63) is 77.3 Å². The topological polar surface area (TPSA) is 66.3 Å². The van der Waals surface area contributed by atoms with Crippen LogP contribution in [0.25, 0.3) is 5.70 Å². The predicted octanol–water partition coefficient (Wildman–Crippen LogP) is 2.15. The standard InChI is InChI=1S/C21H20N4O2S/c1-3-13-28-21-23-20(26)18-14-9-5-7-11-16(14)22-19(25(18)24-21)15-10-6-8-12-17(15)27-4-2/h3,5-12,19H,1,4,13H2,2H3,(H,23,24,26)/t19-/m1/s1. The molecule has 2 aromatic rings. The van der Waals surface area contributed by atoms with E-state index in [0.29, 0.717) is 23.2 Å². The number of nitrogens with one attached hydrogen (secondary N) is 1. The number of hydrogen-bond acceptors (Lipinski definition) is 6. The molecule has 2 aliphatic heterocycles. The van der Waals surface area contributed by atoms with Crippen molar-refractivity contribution in [2.45, 2.75) is 13.1 Å². The number of carbonyl (C=O) groups is 1. The number of thioether (sulfide) groups is 1. The molecule has 0 aliphatic carbocycles. The molecule has 0 spiro atoms. The first kappa shape index (κ1) is 18.3. The van der Waals surface area contributed by atoms with Crippen molar-refractivity contribution >= 4 is 28.5 Å². The highest BCUT2D eigenvalue weighted by atomic mass is 32.2. The summed E-state index contributed by atoms with van der Waals surface area (Å²) in [5.41, 5.74) is 1.35. The second-order valence-electron chi connectivity index (χ2n) is 6.14. The summed E-state index contributed by atoms with van der Waals surface area (Å²) < 4.78 is 5.81. The monoisotopic (exact) mass is 392 g/mol. The highest BCUT2D eigenvalue weighted by molar-refractivity contribution is 8.14. The molecule has 1 atom stereocenters. The van der Waals surface area contributed by atoms with Gasteiger partial charge in [-0.1, -0.05) is 54.2 Å². The third kappa shape index (κ3) is 3.29. The van der Waals surface area contributed by atoms with Crippen LogP contribution >= 0.6 is 11.8 Å². The van der Waals surface area contributed by atoms with Crippen LogP contribution < -0.4 is 20.6 Å². The molecule has 7 heteroatoms. The molecular weight excluding hydrogens is 372 g/mol. The Balaban J connectivity index is 1.91. The number of rotatable bonds is 5. The lowest BCUT2D eigenvalue weighted by Crippen LogP contribution is -2.50. The molecule has 2 aliphatic rings. The molecule has 28 heavy (non-hydrogen) atoms. The summed E-state index contributed by atoms with van der Waals surface area (Å²) in [6.45, 7) is 6.21. The Labute approximate surface area is 167 Å². The molecule has 1 N–H and O–H groups in total. The number of amides is 1. The van der Waals surface area contributed by atoms with Gasteiger partial charge in [-0.25, -0.2) is 5.01 Å². The highest BCUT2D eigenvalue weighted by Crippen LogP contribution is 2.35. The first-order valence-corrected chi connectivity index (χ1v) is 10.0. The summed E-state index contributed by atoms with van der Waals surface area (Å²) in [5.74, 6) is 1.19. The van der Waals surface area contributed by atoms with E-state index in [9.17, 15) is 4.79 Å². The summed E-state index contributed by atoms with van der Waals surface area (Å²) >= 11 is 1.42. The van der Waals surface area contributed by atoms with Gasteiger partial charge in [0, 0.05) is 16.5 Å². The van der Waals surface area contributed by atoms with E-state index in [2.05, 4.69) is 11.9 Å². The summed E-state index contributed by atoms with van der Waals surface area (Å²) in [5, 5.41) is 11.3. The van der Waals surface area contributed by atoms with Gasteiger partial charge in [-0.05, 0) is 19.1 Å². The number of amidine groups is 1. The van der Waals surface area contributed by atoms with Crippen LogP contribution in [-0.2, 0) is 4.79 Å². The SMILES string of the molecule is C=CCSC1=NN2C(=c3ccccc3=N[C@H]2c2ccccc2OCC)C(=O)N1. The second-order valence-corrected chi connectivity index (χ2v) is 7.15. The molecule has 0 aromatic heterocycles. The number of benzene rings is 2. The van der Waals surface area contributed by atoms with E-state index in [-0.39, 0.29) is 5.91 Å². The lowest BCUT2D eigenvalue weighted by molar-refractivity contribution is -0.116. The van der Waals surface area contributed by atoms with Gasteiger partial charge in [0.05, 0.1) is 12.0 Å². The first-order valence-electron chi connectivity index (χ1n) is 9.04. The van der Waals surface area contributed by atoms with E-state index in [1.165, 1.54) is 11.8 Å². The maximum Gasteiger partial charge on any atom is 0.276 e. The van der Waals surface area contributed by atoms with Crippen LogP contribution in [0.3, 0.4) is 0 Å². The maximum absolute atomic E-state index is 13.0. The van der Waals surface area contributed by atoms with Gasteiger partial charge in [0.1, 0.15) is 11.4 Å². The van der Waals surface area contributed by atoms with Crippen LogP contribution in [0.4, 0.5) is 0 Å². The zero-order chi connectivity index (χ0) is 19.5. The first-order chi connectivity index (χ1) is 13.7. The Morgan fingerprint density at radius 1 is 1.25 bits per heavy atom. The van der Waals surface area contributed by atoms with Crippen molar-refractivity contribution in [1.82, 2.24) is 10.3 Å². The Morgan fingerprint density at radius 3 is 2.86 bits per heavy atom. The molecule has 1 amide bonds. The molecule has 142 valence electrons. The van der Waals surface area contributed by atoms with E-state index >= 15 is 0 Å². The summed E-state index contributed by atoms with van der Waals surface area (Å²) in [7, 11) is 0.